The van der Waals surface area contributed by atoms with Crippen LogP contribution in [0.4, 0.5) is 0 Å². The molecule has 0 amide bonds. The first kappa shape index (κ1) is 15.4. The van der Waals surface area contributed by atoms with Gasteiger partial charge in [-0.3, -0.25) is 0 Å². The molecule has 2 saturated carbocycles. The quantitative estimate of drug-likeness (QED) is 0.150. The first-order chi connectivity index (χ1) is 9.50. The number of rotatable bonds is 3. The zero-order valence-corrected chi connectivity index (χ0v) is 17.6. The number of carbonyl (C=O) groups excluding carboxylic acids is 1. The minimum absolute atomic E-state index is 0.0347. The van der Waals surface area contributed by atoms with Gasteiger partial charge in [-0.25, -0.2) is 0 Å². The summed E-state index contributed by atoms with van der Waals surface area (Å²) >= 11 is 1.15. The van der Waals surface area contributed by atoms with Crippen LogP contribution in [0, 0.1) is 16.7 Å². The molecule has 120 valence electrons. The SMILES string of the molecule is CC1(OC(=O)C(C)(I)C23NI2N3)CC2CCC1(C)C2(C)C. The van der Waals surface area contributed by atoms with Crippen LogP contribution in [0.2, 0.25) is 0 Å². The molecule has 2 aliphatic carbocycles. The summed E-state index contributed by atoms with van der Waals surface area (Å²) in [6.45, 7) is 11.2. The Morgan fingerprint density at radius 3 is 2.29 bits per heavy atom. The predicted octanol–water partition coefficient (Wildman–Crippen LogP) is 3.52. The molecule has 4 rings (SSSR count). The van der Waals surface area contributed by atoms with Gasteiger partial charge in [0.2, 0.25) is 0 Å². The van der Waals surface area contributed by atoms with Crippen LogP contribution < -0.4 is 7.06 Å². The molecule has 4 fully saturated rings. The normalized spacial score (nSPS) is 48.5. The van der Waals surface area contributed by atoms with Crippen LogP contribution in [0.5, 0.6) is 0 Å². The molecular weight excluding hydrogens is 494 g/mol. The monoisotopic (exact) mass is 518 g/mol. The molecule has 0 spiro atoms. The van der Waals surface area contributed by atoms with Gasteiger partial charge in [-0.1, -0.05) is 0 Å². The molecule has 0 radical (unpaired) electrons. The van der Waals surface area contributed by atoms with Gasteiger partial charge in [-0.15, -0.1) is 0 Å². The van der Waals surface area contributed by atoms with Crippen molar-refractivity contribution in [3.8, 4) is 0 Å². The summed E-state index contributed by atoms with van der Waals surface area (Å²) in [5.41, 5.74) is 0.0371. The van der Waals surface area contributed by atoms with Crippen molar-refractivity contribution in [3.63, 3.8) is 0 Å². The number of hydrogen-bond acceptors (Lipinski definition) is 4. The summed E-state index contributed by atoms with van der Waals surface area (Å²) in [6.07, 6.45) is 3.47. The van der Waals surface area contributed by atoms with E-state index < -0.39 is 23.8 Å². The van der Waals surface area contributed by atoms with E-state index in [0.29, 0.717) is 5.92 Å². The second-order valence-electron chi connectivity index (χ2n) is 8.25. The first-order valence-electron chi connectivity index (χ1n) is 7.68. The Morgan fingerprint density at radius 2 is 1.90 bits per heavy atom. The van der Waals surface area contributed by atoms with Crippen molar-refractivity contribution in [2.75, 3.05) is 0 Å². The summed E-state index contributed by atoms with van der Waals surface area (Å²) < 4.78 is 12.6. The van der Waals surface area contributed by atoms with Gasteiger partial charge < -0.3 is 0 Å². The Bertz CT molecular complexity index is 544. The van der Waals surface area contributed by atoms with E-state index in [4.69, 9.17) is 4.74 Å². The molecular formula is C15H24I2N2O2. The molecule has 2 bridgehead atoms. The van der Waals surface area contributed by atoms with Crippen molar-refractivity contribution >= 4 is 48.9 Å². The molecule has 2 saturated heterocycles. The molecule has 4 nitrogen and oxygen atoms in total. The van der Waals surface area contributed by atoms with E-state index in [1.54, 1.807) is 0 Å². The molecule has 0 aromatic carbocycles. The number of alkyl halides is 2. The third-order valence-electron chi connectivity index (χ3n) is 7.25. The first-order valence-corrected chi connectivity index (χ1v) is 12.0. The molecule has 2 heterocycles. The van der Waals surface area contributed by atoms with Crippen LogP contribution in [0.25, 0.3) is 0 Å². The van der Waals surface area contributed by atoms with Gasteiger partial charge in [0.15, 0.2) is 0 Å². The van der Waals surface area contributed by atoms with E-state index >= 15 is 0 Å². The van der Waals surface area contributed by atoms with Crippen molar-refractivity contribution in [2.45, 2.75) is 66.6 Å². The summed E-state index contributed by atoms with van der Waals surface area (Å²) in [5.74, 6) is 0.646. The van der Waals surface area contributed by atoms with Crippen molar-refractivity contribution < 1.29 is 9.53 Å². The van der Waals surface area contributed by atoms with Crippen LogP contribution >= 0.6 is 43.0 Å². The van der Waals surface area contributed by atoms with E-state index in [-0.39, 0.29) is 26.1 Å². The summed E-state index contributed by atoms with van der Waals surface area (Å²) in [5, 5.41) is 0. The van der Waals surface area contributed by atoms with Crippen LogP contribution in [0.1, 0.15) is 53.9 Å². The summed E-state index contributed by atoms with van der Waals surface area (Å²) in [7, 11) is 0. The van der Waals surface area contributed by atoms with Gasteiger partial charge in [-0.2, -0.15) is 0 Å². The number of ether oxygens (including phenoxy) is 1. The Morgan fingerprint density at radius 1 is 1.33 bits per heavy atom. The number of hydrogen-bond donors (Lipinski definition) is 2. The molecule has 2 N–H and O–H groups in total. The van der Waals surface area contributed by atoms with Gasteiger partial charge in [-0.05, 0) is 0 Å². The van der Waals surface area contributed by atoms with Crippen LogP contribution in [0.3, 0.4) is 0 Å². The molecule has 4 unspecified atom stereocenters. The van der Waals surface area contributed by atoms with E-state index in [1.165, 1.54) is 12.8 Å². The van der Waals surface area contributed by atoms with Crippen molar-refractivity contribution in [2.24, 2.45) is 16.7 Å². The zero-order chi connectivity index (χ0) is 15.5. The number of esters is 1. The van der Waals surface area contributed by atoms with Crippen molar-refractivity contribution in [1.82, 2.24) is 7.06 Å². The van der Waals surface area contributed by atoms with Gasteiger partial charge in [0.1, 0.15) is 0 Å². The molecule has 4 aliphatic rings. The average Bonchev–Trinajstić information content (AvgIpc) is 3.17. The van der Waals surface area contributed by atoms with Crippen LogP contribution in [0.15, 0.2) is 0 Å². The summed E-state index contributed by atoms with van der Waals surface area (Å²) in [4.78, 5) is 12.9. The Labute approximate surface area is 148 Å². The minimum atomic E-state index is -1.14. The van der Waals surface area contributed by atoms with E-state index in [9.17, 15) is 4.79 Å². The molecule has 21 heavy (non-hydrogen) atoms. The maximum atomic E-state index is 12.9. The Balaban J connectivity index is 1.59. The average molecular weight is 518 g/mol. The molecule has 6 heteroatoms. The van der Waals surface area contributed by atoms with E-state index in [2.05, 4.69) is 57.3 Å². The fourth-order valence-electron chi connectivity index (χ4n) is 4.77. The third-order valence-corrected chi connectivity index (χ3v) is 14.4. The van der Waals surface area contributed by atoms with Crippen LogP contribution in [-0.2, 0) is 9.53 Å². The van der Waals surface area contributed by atoms with Gasteiger partial charge >= 0.3 is 149 Å². The fourth-order valence-corrected chi connectivity index (χ4v) is 12.5. The summed E-state index contributed by atoms with van der Waals surface area (Å²) in [6, 6.07) is 0. The van der Waals surface area contributed by atoms with Crippen LogP contribution in [-0.4, -0.2) is 18.7 Å². The van der Waals surface area contributed by atoms with Gasteiger partial charge in [0, 0.05) is 0 Å². The maximum absolute atomic E-state index is 12.9. The van der Waals surface area contributed by atoms with Crippen molar-refractivity contribution in [3.05, 3.63) is 0 Å². The fraction of sp³-hybridized carbons (Fsp3) is 0.933. The zero-order valence-electron chi connectivity index (χ0n) is 13.3. The number of carbonyl (C=O) groups is 1. The Hall–Kier alpha value is 0.850. The molecule has 0 aromatic heterocycles. The molecule has 0 aromatic rings. The second-order valence-corrected chi connectivity index (χ2v) is 14.7. The van der Waals surface area contributed by atoms with E-state index in [0.717, 1.165) is 6.42 Å². The predicted molar refractivity (Wildman–Crippen MR) is 99.2 cm³/mol. The second kappa shape index (κ2) is 3.91. The molecule has 2 aliphatic heterocycles. The van der Waals surface area contributed by atoms with E-state index in [1.807, 2.05) is 6.92 Å². The van der Waals surface area contributed by atoms with Gasteiger partial charge in [0.05, 0.1) is 0 Å². The van der Waals surface area contributed by atoms with Gasteiger partial charge in [0.25, 0.3) is 0 Å². The topological polar surface area (TPSA) is 70.2 Å². The standard InChI is InChI=1S/C15H24I2N2O2/c1-11(2)9-6-7-12(11,3)13(4,8-9)21-10(20)14(5,16)15-17(18-15)19-15/h9,18-19H,6-8H2,1-5H3. The number of nitrogens with one attached hydrogen (secondary N) is 2. The van der Waals surface area contributed by atoms with Crippen molar-refractivity contribution in [1.29, 1.82) is 0 Å². The third kappa shape index (κ3) is 1.61. The number of halogens is 2. The number of fused-ring (bicyclic) bond motifs is 3. The molecule has 4 atom stereocenters. The Kier molecular flexibility index (Phi) is 2.86.